The van der Waals surface area contributed by atoms with Gasteiger partial charge in [0, 0.05) is 5.56 Å². The first-order valence-corrected chi connectivity index (χ1v) is 8.22. The minimum atomic E-state index is -0.269. The van der Waals surface area contributed by atoms with Crippen LogP contribution in [-0.4, -0.2) is 33.3 Å². The molecule has 0 aromatic heterocycles. The second-order valence-corrected chi connectivity index (χ2v) is 5.42. The summed E-state index contributed by atoms with van der Waals surface area (Å²) in [7, 11) is 3.15. The van der Waals surface area contributed by atoms with Crippen molar-refractivity contribution in [2.45, 2.75) is 13.5 Å². The smallest absolute Gasteiger partial charge is 0.262 e. The van der Waals surface area contributed by atoms with Gasteiger partial charge in [0.2, 0.25) is 0 Å². The Morgan fingerprint density at radius 1 is 1.04 bits per heavy atom. The first-order chi connectivity index (χ1) is 12.2. The van der Waals surface area contributed by atoms with E-state index in [1.54, 1.807) is 26.4 Å². The van der Waals surface area contributed by atoms with Crippen molar-refractivity contribution in [3.63, 3.8) is 0 Å². The first kappa shape index (κ1) is 18.6. The van der Waals surface area contributed by atoms with Crippen molar-refractivity contribution < 1.29 is 24.3 Å². The van der Waals surface area contributed by atoms with Gasteiger partial charge in [-0.1, -0.05) is 12.1 Å². The summed E-state index contributed by atoms with van der Waals surface area (Å²) in [4.78, 5) is 12.1. The summed E-state index contributed by atoms with van der Waals surface area (Å²) >= 11 is 0. The van der Waals surface area contributed by atoms with E-state index in [0.717, 1.165) is 18.7 Å². The van der Waals surface area contributed by atoms with Crippen LogP contribution in [0.1, 0.15) is 12.5 Å². The molecule has 2 aromatic carbocycles. The lowest BCUT2D eigenvalue weighted by Crippen LogP contribution is -2.81. The normalized spacial score (nSPS) is 10.2. The fourth-order valence-electron chi connectivity index (χ4n) is 2.35. The number of carbonyl (C=O) groups excluding carboxylic acids is 1. The van der Waals surface area contributed by atoms with E-state index >= 15 is 0 Å². The number of quaternary nitrogens is 1. The fraction of sp³-hybridized carbons (Fsp3) is 0.316. The maximum atomic E-state index is 12.1. The summed E-state index contributed by atoms with van der Waals surface area (Å²) in [6.07, 6.45) is 0. The Balaban J connectivity index is 1.97. The number of methoxy groups -OCH3 is 2. The van der Waals surface area contributed by atoms with Crippen LogP contribution >= 0.6 is 0 Å². The molecule has 0 heterocycles. The molecule has 6 heteroatoms. The van der Waals surface area contributed by atoms with Gasteiger partial charge in [0.15, 0.2) is 18.1 Å². The van der Waals surface area contributed by atoms with E-state index in [1.807, 2.05) is 30.3 Å². The molecule has 2 aromatic rings. The van der Waals surface area contributed by atoms with Gasteiger partial charge in [-0.15, -0.1) is 0 Å². The molecule has 2 rings (SSSR count). The number of amides is 1. The molecule has 3 N–H and O–H groups in total. The van der Waals surface area contributed by atoms with Crippen LogP contribution in [-0.2, 0) is 11.3 Å². The van der Waals surface area contributed by atoms with Gasteiger partial charge in [-0.25, -0.2) is 0 Å². The van der Waals surface area contributed by atoms with Crippen LogP contribution in [0.4, 0.5) is 5.69 Å². The predicted molar refractivity (Wildman–Crippen MR) is 96.3 cm³/mol. The first-order valence-electron chi connectivity index (χ1n) is 8.22. The third-order valence-corrected chi connectivity index (χ3v) is 3.64. The third kappa shape index (κ3) is 5.39. The lowest BCUT2D eigenvalue weighted by Gasteiger charge is -2.13. The third-order valence-electron chi connectivity index (χ3n) is 3.64. The fourth-order valence-corrected chi connectivity index (χ4v) is 2.35. The maximum absolute atomic E-state index is 12.1. The highest BCUT2D eigenvalue weighted by molar-refractivity contribution is 5.93. The van der Waals surface area contributed by atoms with Gasteiger partial charge in [-0.05, 0) is 37.3 Å². The minimum absolute atomic E-state index is 0.116. The second kappa shape index (κ2) is 9.54. The highest BCUT2D eigenvalue weighted by Crippen LogP contribution is 2.28. The lowest BCUT2D eigenvalue weighted by molar-refractivity contribution is -0.667. The average molecular weight is 345 g/mol. The summed E-state index contributed by atoms with van der Waals surface area (Å²) in [6.45, 7) is 3.88. The molecule has 25 heavy (non-hydrogen) atoms. The number of hydrogen-bond acceptors (Lipinski definition) is 4. The Kier molecular flexibility index (Phi) is 7.10. The van der Waals surface area contributed by atoms with Gasteiger partial charge < -0.3 is 24.8 Å². The number of anilines is 1. The van der Waals surface area contributed by atoms with Crippen LogP contribution in [0.3, 0.4) is 0 Å². The number of nitrogens with one attached hydrogen (secondary N) is 1. The molecule has 134 valence electrons. The Bertz CT molecular complexity index is 704. The van der Waals surface area contributed by atoms with Gasteiger partial charge in [-0.2, -0.15) is 0 Å². The van der Waals surface area contributed by atoms with E-state index in [9.17, 15) is 4.79 Å². The highest BCUT2D eigenvalue weighted by Gasteiger charge is 2.11. The van der Waals surface area contributed by atoms with Gasteiger partial charge in [0.05, 0.1) is 26.5 Å². The maximum Gasteiger partial charge on any atom is 0.262 e. The van der Waals surface area contributed by atoms with Crippen molar-refractivity contribution in [3.05, 3.63) is 48.0 Å². The quantitative estimate of drug-likeness (QED) is 0.727. The van der Waals surface area contributed by atoms with E-state index < -0.39 is 0 Å². The number of ether oxygens (including phenoxy) is 3. The molecule has 1 amide bonds. The highest BCUT2D eigenvalue weighted by atomic mass is 16.5. The Hall–Kier alpha value is -2.73. The number of carbonyl (C=O) groups is 1. The molecule has 0 atom stereocenters. The predicted octanol–water partition coefficient (Wildman–Crippen LogP) is 1.80. The summed E-state index contributed by atoms with van der Waals surface area (Å²) in [5.41, 5.74) is 1.75. The van der Waals surface area contributed by atoms with E-state index in [1.165, 1.54) is 0 Å². The van der Waals surface area contributed by atoms with Crippen molar-refractivity contribution in [2.24, 2.45) is 0 Å². The van der Waals surface area contributed by atoms with Crippen LogP contribution in [0.5, 0.6) is 17.2 Å². The molecule has 6 nitrogen and oxygen atoms in total. The molecule has 0 saturated carbocycles. The molecule has 0 fully saturated rings. The zero-order chi connectivity index (χ0) is 18.1. The second-order valence-electron chi connectivity index (χ2n) is 5.42. The molecule has 0 aliphatic heterocycles. The molecule has 0 aliphatic rings. The van der Waals surface area contributed by atoms with Crippen molar-refractivity contribution >= 4 is 11.6 Å². The Morgan fingerprint density at radius 2 is 1.80 bits per heavy atom. The SMILES string of the molecule is CC[NH2+]Cc1ccc(OCC(=O)Nc2ccccc2OC)c(OC)c1. The van der Waals surface area contributed by atoms with Gasteiger partial charge in [-0.3, -0.25) is 4.79 Å². The van der Waals surface area contributed by atoms with E-state index in [4.69, 9.17) is 14.2 Å². The zero-order valence-corrected chi connectivity index (χ0v) is 14.9. The van der Waals surface area contributed by atoms with Crippen LogP contribution in [0.25, 0.3) is 0 Å². The van der Waals surface area contributed by atoms with Crippen molar-refractivity contribution in [3.8, 4) is 17.2 Å². The van der Waals surface area contributed by atoms with Crippen LogP contribution < -0.4 is 24.8 Å². The summed E-state index contributed by atoms with van der Waals surface area (Å²) < 4.78 is 16.2. The number of rotatable bonds is 9. The monoisotopic (exact) mass is 345 g/mol. The van der Waals surface area contributed by atoms with Crippen LogP contribution in [0.2, 0.25) is 0 Å². The molecule has 0 saturated heterocycles. The van der Waals surface area contributed by atoms with Gasteiger partial charge in [0.1, 0.15) is 12.3 Å². The minimum Gasteiger partial charge on any atom is -0.495 e. The van der Waals surface area contributed by atoms with Crippen molar-refractivity contribution in [2.75, 3.05) is 32.7 Å². The summed E-state index contributed by atoms with van der Waals surface area (Å²) in [5, 5.41) is 4.96. The molecule has 0 radical (unpaired) electrons. The molecular formula is C19H25N2O4+. The molecule has 0 aliphatic carbocycles. The molecular weight excluding hydrogens is 320 g/mol. The van der Waals surface area contributed by atoms with Gasteiger partial charge >= 0.3 is 0 Å². The van der Waals surface area contributed by atoms with Crippen molar-refractivity contribution in [1.82, 2.24) is 0 Å². The molecule has 0 unspecified atom stereocenters. The van der Waals surface area contributed by atoms with E-state index in [-0.39, 0.29) is 12.5 Å². The number of benzene rings is 2. The summed E-state index contributed by atoms with van der Waals surface area (Å²) in [5.74, 6) is 1.49. The van der Waals surface area contributed by atoms with Crippen LogP contribution in [0.15, 0.2) is 42.5 Å². The van der Waals surface area contributed by atoms with Crippen molar-refractivity contribution in [1.29, 1.82) is 0 Å². The zero-order valence-electron chi connectivity index (χ0n) is 14.9. The topological polar surface area (TPSA) is 73.4 Å². The lowest BCUT2D eigenvalue weighted by atomic mass is 10.2. The number of hydrogen-bond donors (Lipinski definition) is 2. The molecule has 0 bridgehead atoms. The summed E-state index contributed by atoms with van der Waals surface area (Å²) in [6, 6.07) is 13.0. The Labute approximate surface area is 148 Å². The van der Waals surface area contributed by atoms with Gasteiger partial charge in [0.25, 0.3) is 5.91 Å². The number of nitrogens with two attached hydrogens (primary N) is 1. The molecule has 0 spiro atoms. The van der Waals surface area contributed by atoms with E-state index in [2.05, 4.69) is 17.6 Å². The van der Waals surface area contributed by atoms with Crippen LogP contribution in [0, 0.1) is 0 Å². The number of para-hydroxylation sites is 2. The Morgan fingerprint density at radius 3 is 2.52 bits per heavy atom. The van der Waals surface area contributed by atoms with E-state index in [0.29, 0.717) is 22.9 Å². The standard InChI is InChI=1S/C19H24N2O4/c1-4-20-12-14-9-10-17(18(11-14)24-3)25-13-19(22)21-15-7-5-6-8-16(15)23-2/h5-11,20H,4,12-13H2,1-3H3,(H,21,22)/p+1. The average Bonchev–Trinajstić information content (AvgIpc) is 2.65. The largest absolute Gasteiger partial charge is 0.495 e.